The Hall–Kier alpha value is -3.75. The predicted octanol–water partition coefficient (Wildman–Crippen LogP) is 6.73. The van der Waals surface area contributed by atoms with Crippen molar-refractivity contribution in [2.45, 2.75) is 32.4 Å². The highest BCUT2D eigenvalue weighted by molar-refractivity contribution is 6.30. The van der Waals surface area contributed by atoms with Gasteiger partial charge in [0.15, 0.2) is 0 Å². The summed E-state index contributed by atoms with van der Waals surface area (Å²) in [6.07, 6.45) is 1.60. The predicted molar refractivity (Wildman–Crippen MR) is 140 cm³/mol. The van der Waals surface area contributed by atoms with Crippen LogP contribution in [0.5, 0.6) is 11.6 Å². The van der Waals surface area contributed by atoms with Crippen LogP contribution in [0.3, 0.4) is 0 Å². The van der Waals surface area contributed by atoms with Gasteiger partial charge in [-0.3, -0.25) is 4.79 Å². The van der Waals surface area contributed by atoms with Crippen LogP contribution < -0.4 is 4.74 Å². The molecule has 5 rings (SSSR count). The molecule has 0 saturated carbocycles. The first-order valence-corrected chi connectivity index (χ1v) is 12.7. The summed E-state index contributed by atoms with van der Waals surface area (Å²) in [5.74, 6) is -0.659. The Morgan fingerprint density at radius 2 is 1.84 bits per heavy atom. The Bertz CT molecular complexity index is 1440. The van der Waals surface area contributed by atoms with Crippen molar-refractivity contribution in [2.24, 2.45) is 0 Å². The fourth-order valence-corrected chi connectivity index (χ4v) is 4.60. The van der Waals surface area contributed by atoms with Crippen molar-refractivity contribution in [1.82, 2.24) is 14.7 Å². The number of carbonyl (C=O) groups excluding carboxylic acids is 1. The molecule has 0 bridgehead atoms. The smallest absolute Gasteiger partial charge is 0.254 e. The molecule has 196 valence electrons. The molecule has 0 spiro atoms. The number of hydrogen-bond donors (Lipinski definition) is 0. The van der Waals surface area contributed by atoms with Crippen molar-refractivity contribution in [1.29, 1.82) is 0 Å². The van der Waals surface area contributed by atoms with Gasteiger partial charge in [-0.25, -0.2) is 13.5 Å². The molecule has 1 atom stereocenters. The second kappa shape index (κ2) is 11.3. The molecule has 0 N–H and O–H groups in total. The van der Waals surface area contributed by atoms with E-state index in [4.69, 9.17) is 21.1 Å². The summed E-state index contributed by atoms with van der Waals surface area (Å²) in [6, 6.07) is 18.5. The molecule has 1 aliphatic heterocycles. The van der Waals surface area contributed by atoms with Gasteiger partial charge in [0.25, 0.3) is 5.91 Å². The number of ether oxygens (including phenoxy) is 2. The molecule has 0 aliphatic carbocycles. The van der Waals surface area contributed by atoms with Gasteiger partial charge in [0, 0.05) is 29.8 Å². The lowest BCUT2D eigenvalue weighted by atomic mass is 10.1. The van der Waals surface area contributed by atoms with Gasteiger partial charge < -0.3 is 14.4 Å². The molecule has 1 amide bonds. The molecule has 1 saturated heterocycles. The normalized spacial score (nSPS) is 15.0. The topological polar surface area (TPSA) is 56.6 Å². The van der Waals surface area contributed by atoms with E-state index in [1.165, 1.54) is 30.3 Å². The summed E-state index contributed by atoms with van der Waals surface area (Å²) >= 11 is 6.09. The average molecular weight is 538 g/mol. The number of amides is 1. The fourth-order valence-electron chi connectivity index (χ4n) is 4.47. The molecule has 0 radical (unpaired) electrons. The van der Waals surface area contributed by atoms with E-state index in [9.17, 15) is 13.6 Å². The van der Waals surface area contributed by atoms with E-state index < -0.39 is 11.6 Å². The van der Waals surface area contributed by atoms with Gasteiger partial charge in [0.05, 0.1) is 29.6 Å². The summed E-state index contributed by atoms with van der Waals surface area (Å²) in [5.41, 5.74) is 2.17. The van der Waals surface area contributed by atoms with Crippen LogP contribution in [0.1, 0.15) is 34.5 Å². The summed E-state index contributed by atoms with van der Waals surface area (Å²) in [4.78, 5) is 15.2. The molecule has 38 heavy (non-hydrogen) atoms. The van der Waals surface area contributed by atoms with E-state index in [1.807, 2.05) is 6.92 Å². The molecule has 1 aromatic heterocycles. The van der Waals surface area contributed by atoms with E-state index in [1.54, 1.807) is 52.0 Å². The monoisotopic (exact) mass is 537 g/mol. The first-order valence-electron chi connectivity index (χ1n) is 12.3. The summed E-state index contributed by atoms with van der Waals surface area (Å²) < 4.78 is 41.6. The second-order valence-corrected chi connectivity index (χ2v) is 9.58. The van der Waals surface area contributed by atoms with Gasteiger partial charge >= 0.3 is 0 Å². The maximum absolute atomic E-state index is 14.0. The average Bonchev–Trinajstić information content (AvgIpc) is 3.52. The van der Waals surface area contributed by atoms with Crippen molar-refractivity contribution in [2.75, 3.05) is 13.2 Å². The number of nitrogens with zero attached hydrogens (tertiary/aromatic N) is 3. The minimum atomic E-state index is -0.491. The number of halogens is 3. The van der Waals surface area contributed by atoms with Crippen LogP contribution in [0, 0.1) is 18.6 Å². The van der Waals surface area contributed by atoms with E-state index >= 15 is 0 Å². The molecular weight excluding hydrogens is 512 g/mol. The maximum atomic E-state index is 14.0. The largest absolute Gasteiger partial charge is 0.438 e. The number of hydrogen-bond acceptors (Lipinski definition) is 4. The van der Waals surface area contributed by atoms with Gasteiger partial charge in [-0.1, -0.05) is 23.7 Å². The lowest BCUT2D eigenvalue weighted by Crippen LogP contribution is -2.37. The lowest BCUT2D eigenvalue weighted by molar-refractivity contribution is 0.0505. The molecule has 1 fully saturated rings. The van der Waals surface area contributed by atoms with Crippen LogP contribution in [-0.4, -0.2) is 39.8 Å². The third kappa shape index (κ3) is 5.87. The first kappa shape index (κ1) is 25.9. The van der Waals surface area contributed by atoms with Crippen molar-refractivity contribution < 1.29 is 23.0 Å². The molecule has 0 unspecified atom stereocenters. The highest BCUT2D eigenvalue weighted by Gasteiger charge is 2.28. The van der Waals surface area contributed by atoms with E-state index in [0.29, 0.717) is 41.0 Å². The first-order chi connectivity index (χ1) is 18.4. The summed E-state index contributed by atoms with van der Waals surface area (Å²) in [5, 5.41) is 5.25. The van der Waals surface area contributed by atoms with Crippen LogP contribution in [0.15, 0.2) is 72.8 Å². The molecule has 6 nitrogen and oxygen atoms in total. The minimum Gasteiger partial charge on any atom is -0.438 e. The Morgan fingerprint density at radius 3 is 2.53 bits per heavy atom. The van der Waals surface area contributed by atoms with Crippen LogP contribution in [0.25, 0.3) is 5.69 Å². The number of benzene rings is 3. The van der Waals surface area contributed by atoms with Crippen LogP contribution in [0.4, 0.5) is 8.78 Å². The number of carbonyl (C=O) groups is 1. The maximum Gasteiger partial charge on any atom is 0.254 e. The second-order valence-electron chi connectivity index (χ2n) is 9.15. The lowest BCUT2D eigenvalue weighted by Gasteiger charge is -2.26. The van der Waals surface area contributed by atoms with Crippen LogP contribution in [-0.2, 0) is 11.3 Å². The zero-order chi connectivity index (χ0) is 26.6. The Kier molecular flexibility index (Phi) is 7.72. The minimum absolute atomic E-state index is 0.124. The van der Waals surface area contributed by atoms with Crippen molar-refractivity contribution in [3.8, 4) is 17.3 Å². The quantitative estimate of drug-likeness (QED) is 0.250. The molecule has 2 heterocycles. The zero-order valence-corrected chi connectivity index (χ0v) is 21.5. The number of aryl methyl sites for hydroxylation is 1. The standard InChI is InChI=1S/C29H26ClF2N3O3/c1-19-27(18-34(17-26-9-4-14-37-26)28(36)20-5-2-6-22(31)15-20)29(38-25-8-3-7-23(32)16-25)35(33-19)24-12-10-21(30)11-13-24/h2-3,5-8,10-13,15-16,26H,4,9,14,17-18H2,1H3/t26-/m1/s1. The van der Waals surface area contributed by atoms with Gasteiger partial charge in [-0.2, -0.15) is 5.10 Å². The van der Waals surface area contributed by atoms with Gasteiger partial charge in [-0.15, -0.1) is 0 Å². The van der Waals surface area contributed by atoms with Crippen molar-refractivity contribution >= 4 is 17.5 Å². The fraction of sp³-hybridized carbons (Fsp3) is 0.241. The molecule has 4 aromatic rings. The summed E-state index contributed by atoms with van der Waals surface area (Å²) in [7, 11) is 0. The van der Waals surface area contributed by atoms with Crippen molar-refractivity contribution in [3.63, 3.8) is 0 Å². The van der Waals surface area contributed by atoms with E-state index in [2.05, 4.69) is 5.10 Å². The Morgan fingerprint density at radius 1 is 1.11 bits per heavy atom. The molecular formula is C29H26ClF2N3O3. The van der Waals surface area contributed by atoms with E-state index in [0.717, 1.165) is 12.8 Å². The highest BCUT2D eigenvalue weighted by Crippen LogP contribution is 2.33. The summed E-state index contributed by atoms with van der Waals surface area (Å²) in [6.45, 7) is 2.89. The Balaban J connectivity index is 1.56. The van der Waals surface area contributed by atoms with Crippen LogP contribution in [0.2, 0.25) is 5.02 Å². The third-order valence-corrected chi connectivity index (χ3v) is 6.63. The SMILES string of the molecule is Cc1nn(-c2ccc(Cl)cc2)c(Oc2cccc(F)c2)c1CN(C[C@H]1CCCO1)C(=O)c1cccc(F)c1. The van der Waals surface area contributed by atoms with E-state index in [-0.39, 0.29) is 29.9 Å². The van der Waals surface area contributed by atoms with Crippen molar-refractivity contribution in [3.05, 3.63) is 106 Å². The number of aromatic nitrogens is 2. The van der Waals surface area contributed by atoms with Gasteiger partial charge in [0.1, 0.15) is 17.4 Å². The zero-order valence-electron chi connectivity index (χ0n) is 20.7. The van der Waals surface area contributed by atoms with Gasteiger partial charge in [-0.05, 0) is 74.4 Å². The molecule has 9 heteroatoms. The number of rotatable bonds is 8. The molecule has 3 aromatic carbocycles. The third-order valence-electron chi connectivity index (χ3n) is 6.37. The van der Waals surface area contributed by atoms with Crippen LogP contribution >= 0.6 is 11.6 Å². The highest BCUT2D eigenvalue weighted by atomic mass is 35.5. The Labute approximate surface area is 224 Å². The molecule has 1 aliphatic rings. The van der Waals surface area contributed by atoms with Gasteiger partial charge in [0.2, 0.25) is 5.88 Å².